The number of thioether (sulfide) groups is 1. The minimum atomic E-state index is 0.724. The molecule has 0 radical (unpaired) electrons. The van der Waals surface area contributed by atoms with Gasteiger partial charge >= 0.3 is 0 Å². The summed E-state index contributed by atoms with van der Waals surface area (Å²) in [5, 5.41) is 6.63. The summed E-state index contributed by atoms with van der Waals surface area (Å²) in [5.41, 5.74) is 1.43. The Balaban J connectivity index is 1.85. The fourth-order valence-corrected chi connectivity index (χ4v) is 3.89. The SMILES string of the molecule is Cc1ccsc1CNC1CCSC1C. The van der Waals surface area contributed by atoms with Gasteiger partial charge in [-0.1, -0.05) is 6.92 Å². The first-order valence-corrected chi connectivity index (χ1v) is 7.08. The lowest BCUT2D eigenvalue weighted by Crippen LogP contribution is -2.32. The number of hydrogen-bond acceptors (Lipinski definition) is 3. The van der Waals surface area contributed by atoms with Crippen LogP contribution in [-0.4, -0.2) is 17.0 Å². The van der Waals surface area contributed by atoms with Crippen LogP contribution in [0.2, 0.25) is 0 Å². The largest absolute Gasteiger partial charge is 0.308 e. The molecule has 2 atom stereocenters. The summed E-state index contributed by atoms with van der Waals surface area (Å²) >= 11 is 3.95. The van der Waals surface area contributed by atoms with Crippen molar-refractivity contribution >= 4 is 23.1 Å². The highest BCUT2D eigenvalue weighted by Gasteiger charge is 2.23. The van der Waals surface area contributed by atoms with Gasteiger partial charge in [-0.25, -0.2) is 0 Å². The average molecular weight is 227 g/mol. The topological polar surface area (TPSA) is 12.0 Å². The Labute approximate surface area is 94.3 Å². The fraction of sp³-hybridized carbons (Fsp3) is 0.636. The van der Waals surface area contributed by atoms with E-state index in [2.05, 4.69) is 42.4 Å². The quantitative estimate of drug-likeness (QED) is 0.852. The predicted octanol–water partition coefficient (Wildman–Crippen LogP) is 3.04. The maximum Gasteiger partial charge on any atom is 0.0305 e. The van der Waals surface area contributed by atoms with E-state index in [4.69, 9.17) is 0 Å². The Morgan fingerprint density at radius 3 is 3.00 bits per heavy atom. The van der Waals surface area contributed by atoms with E-state index in [-0.39, 0.29) is 0 Å². The molecule has 2 rings (SSSR count). The van der Waals surface area contributed by atoms with Crippen LogP contribution >= 0.6 is 23.1 Å². The smallest absolute Gasteiger partial charge is 0.0305 e. The molecule has 0 spiro atoms. The molecule has 1 fully saturated rings. The molecule has 0 saturated carbocycles. The van der Waals surface area contributed by atoms with Crippen molar-refractivity contribution in [2.24, 2.45) is 0 Å². The molecule has 1 nitrogen and oxygen atoms in total. The maximum atomic E-state index is 3.66. The standard InChI is InChI=1S/C11H17NS2/c1-8-3-5-14-11(8)7-12-10-4-6-13-9(10)2/h3,5,9-10,12H,4,6-7H2,1-2H3. The lowest BCUT2D eigenvalue weighted by molar-refractivity contribution is 0.515. The number of thiophene rings is 1. The van der Waals surface area contributed by atoms with Crippen molar-refractivity contribution in [2.75, 3.05) is 5.75 Å². The lowest BCUT2D eigenvalue weighted by atomic mass is 10.1. The Morgan fingerprint density at radius 2 is 2.43 bits per heavy atom. The predicted molar refractivity (Wildman–Crippen MR) is 66.2 cm³/mol. The summed E-state index contributed by atoms with van der Waals surface area (Å²) < 4.78 is 0. The zero-order valence-electron chi connectivity index (χ0n) is 8.75. The van der Waals surface area contributed by atoms with Crippen molar-refractivity contribution in [3.63, 3.8) is 0 Å². The van der Waals surface area contributed by atoms with Crippen LogP contribution < -0.4 is 5.32 Å². The zero-order chi connectivity index (χ0) is 9.97. The molecule has 0 aromatic carbocycles. The van der Waals surface area contributed by atoms with Gasteiger partial charge in [0.1, 0.15) is 0 Å². The molecule has 0 aliphatic carbocycles. The number of hydrogen-bond donors (Lipinski definition) is 1. The molecular formula is C11H17NS2. The summed E-state index contributed by atoms with van der Waals surface area (Å²) in [6, 6.07) is 2.93. The Bertz CT molecular complexity index is 295. The van der Waals surface area contributed by atoms with Crippen molar-refractivity contribution in [3.8, 4) is 0 Å². The summed E-state index contributed by atoms with van der Waals surface area (Å²) in [4.78, 5) is 1.49. The van der Waals surface area contributed by atoms with Gasteiger partial charge in [-0.3, -0.25) is 0 Å². The lowest BCUT2D eigenvalue weighted by Gasteiger charge is -2.16. The summed E-state index contributed by atoms with van der Waals surface area (Å²) in [6.45, 7) is 5.58. The highest BCUT2D eigenvalue weighted by atomic mass is 32.2. The van der Waals surface area contributed by atoms with Crippen molar-refractivity contribution in [1.82, 2.24) is 5.32 Å². The van der Waals surface area contributed by atoms with Gasteiger partial charge in [-0.05, 0) is 36.1 Å². The van der Waals surface area contributed by atoms with Crippen LogP contribution in [0.3, 0.4) is 0 Å². The summed E-state index contributed by atoms with van der Waals surface area (Å²) in [7, 11) is 0. The monoisotopic (exact) mass is 227 g/mol. The molecule has 2 unspecified atom stereocenters. The van der Waals surface area contributed by atoms with Gasteiger partial charge < -0.3 is 5.32 Å². The van der Waals surface area contributed by atoms with Gasteiger partial charge in [0.15, 0.2) is 0 Å². The second-order valence-electron chi connectivity index (χ2n) is 3.88. The van der Waals surface area contributed by atoms with Crippen LogP contribution in [0.4, 0.5) is 0 Å². The normalized spacial score (nSPS) is 27.0. The van der Waals surface area contributed by atoms with Crippen LogP contribution in [0.25, 0.3) is 0 Å². The van der Waals surface area contributed by atoms with Gasteiger partial charge in [0.05, 0.1) is 0 Å². The van der Waals surface area contributed by atoms with E-state index in [0.717, 1.165) is 17.8 Å². The Hall–Kier alpha value is 0.01000. The summed E-state index contributed by atoms with van der Waals surface area (Å²) in [5.74, 6) is 1.32. The second kappa shape index (κ2) is 4.69. The van der Waals surface area contributed by atoms with Gasteiger partial charge in [0.25, 0.3) is 0 Å². The van der Waals surface area contributed by atoms with Crippen molar-refractivity contribution in [3.05, 3.63) is 21.9 Å². The van der Waals surface area contributed by atoms with Crippen LogP contribution in [0.15, 0.2) is 11.4 Å². The van der Waals surface area contributed by atoms with E-state index in [1.807, 2.05) is 11.3 Å². The Kier molecular flexibility index (Phi) is 3.52. The molecular weight excluding hydrogens is 210 g/mol. The number of nitrogens with one attached hydrogen (secondary N) is 1. The minimum Gasteiger partial charge on any atom is -0.308 e. The Morgan fingerprint density at radius 1 is 1.57 bits per heavy atom. The second-order valence-corrected chi connectivity index (χ2v) is 6.36. The molecule has 14 heavy (non-hydrogen) atoms. The van der Waals surface area contributed by atoms with Crippen LogP contribution in [-0.2, 0) is 6.54 Å². The van der Waals surface area contributed by atoms with E-state index in [0.29, 0.717) is 0 Å². The van der Waals surface area contributed by atoms with Gasteiger partial charge in [-0.15, -0.1) is 11.3 Å². The zero-order valence-corrected chi connectivity index (χ0v) is 10.4. The van der Waals surface area contributed by atoms with Gasteiger partial charge in [0, 0.05) is 22.7 Å². The molecule has 2 heterocycles. The first-order valence-electron chi connectivity index (χ1n) is 5.15. The first-order chi connectivity index (χ1) is 6.77. The van der Waals surface area contributed by atoms with E-state index in [1.165, 1.54) is 22.6 Å². The third kappa shape index (κ3) is 2.33. The highest BCUT2D eigenvalue weighted by Crippen LogP contribution is 2.26. The van der Waals surface area contributed by atoms with Crippen molar-refractivity contribution in [2.45, 2.75) is 38.1 Å². The molecule has 1 aromatic rings. The maximum absolute atomic E-state index is 3.66. The first kappa shape index (κ1) is 10.5. The molecule has 1 N–H and O–H groups in total. The average Bonchev–Trinajstić information content (AvgIpc) is 2.72. The minimum absolute atomic E-state index is 0.724. The van der Waals surface area contributed by atoms with Gasteiger partial charge in [-0.2, -0.15) is 11.8 Å². The van der Waals surface area contributed by atoms with E-state index in [9.17, 15) is 0 Å². The number of rotatable bonds is 3. The highest BCUT2D eigenvalue weighted by molar-refractivity contribution is 8.00. The van der Waals surface area contributed by atoms with Crippen molar-refractivity contribution in [1.29, 1.82) is 0 Å². The fourth-order valence-electron chi connectivity index (χ4n) is 1.81. The molecule has 1 saturated heterocycles. The van der Waals surface area contributed by atoms with Gasteiger partial charge in [0.2, 0.25) is 0 Å². The van der Waals surface area contributed by atoms with Crippen LogP contribution in [0.1, 0.15) is 23.8 Å². The van der Waals surface area contributed by atoms with E-state index >= 15 is 0 Å². The van der Waals surface area contributed by atoms with E-state index < -0.39 is 0 Å². The molecule has 1 aromatic heterocycles. The van der Waals surface area contributed by atoms with E-state index in [1.54, 1.807) is 0 Å². The van der Waals surface area contributed by atoms with Crippen molar-refractivity contribution < 1.29 is 0 Å². The molecule has 1 aliphatic heterocycles. The molecule has 3 heteroatoms. The molecule has 1 aliphatic rings. The number of aryl methyl sites for hydroxylation is 1. The molecule has 0 bridgehead atoms. The molecule has 0 amide bonds. The summed E-state index contributed by atoms with van der Waals surface area (Å²) in [6.07, 6.45) is 1.33. The third-order valence-corrected chi connectivity index (χ3v) is 5.22. The van der Waals surface area contributed by atoms with Crippen LogP contribution in [0, 0.1) is 6.92 Å². The molecule has 78 valence electrons. The third-order valence-electron chi connectivity index (χ3n) is 2.87. The van der Waals surface area contributed by atoms with Crippen LogP contribution in [0.5, 0.6) is 0 Å².